The van der Waals surface area contributed by atoms with Crippen molar-refractivity contribution in [3.8, 4) is 12.3 Å². The van der Waals surface area contributed by atoms with Crippen molar-refractivity contribution >= 4 is 8.07 Å². The Morgan fingerprint density at radius 2 is 1.73 bits per heavy atom. The van der Waals surface area contributed by atoms with E-state index in [0.717, 1.165) is 0 Å². The SMILES string of the molecule is C#CC(CCC)[Si](C)(C)CCCCCC. The summed E-state index contributed by atoms with van der Waals surface area (Å²) in [7, 11) is -1.14. The number of hydrogen-bond donors (Lipinski definition) is 0. The molecule has 0 saturated carbocycles. The highest BCUT2D eigenvalue weighted by Gasteiger charge is 2.28. The van der Waals surface area contributed by atoms with Crippen LogP contribution in [-0.2, 0) is 0 Å². The summed E-state index contributed by atoms with van der Waals surface area (Å²) < 4.78 is 0. The van der Waals surface area contributed by atoms with E-state index in [9.17, 15) is 0 Å². The van der Waals surface area contributed by atoms with Crippen molar-refractivity contribution in [3.63, 3.8) is 0 Å². The van der Waals surface area contributed by atoms with Crippen LogP contribution >= 0.6 is 0 Å². The molecule has 0 radical (unpaired) electrons. The Morgan fingerprint density at radius 3 is 2.20 bits per heavy atom. The molecule has 0 rings (SSSR count). The van der Waals surface area contributed by atoms with E-state index in [4.69, 9.17) is 6.42 Å². The summed E-state index contributed by atoms with van der Waals surface area (Å²) in [6.07, 6.45) is 13.6. The maximum absolute atomic E-state index is 5.66. The summed E-state index contributed by atoms with van der Waals surface area (Å²) in [5, 5.41) is 0. The molecule has 0 amide bonds. The van der Waals surface area contributed by atoms with Gasteiger partial charge < -0.3 is 0 Å². The molecule has 1 atom stereocenters. The molecule has 1 heteroatoms. The van der Waals surface area contributed by atoms with Crippen LogP contribution in [0.25, 0.3) is 0 Å². The molecule has 0 saturated heterocycles. The van der Waals surface area contributed by atoms with Gasteiger partial charge in [-0.2, -0.15) is 0 Å². The fourth-order valence-electron chi connectivity index (χ4n) is 2.17. The van der Waals surface area contributed by atoms with Crippen LogP contribution in [0, 0.1) is 12.3 Å². The molecule has 0 heterocycles. The lowest BCUT2D eigenvalue weighted by Crippen LogP contribution is -2.31. The molecule has 0 aliphatic heterocycles. The first-order chi connectivity index (χ1) is 7.08. The van der Waals surface area contributed by atoms with Gasteiger partial charge in [0.05, 0.1) is 8.07 Å². The Kier molecular flexibility index (Phi) is 7.87. The van der Waals surface area contributed by atoms with Gasteiger partial charge in [0.25, 0.3) is 0 Å². The Labute approximate surface area is 97.9 Å². The standard InChI is InChI=1S/C14H28Si/c1-6-9-10-11-13-15(4,5)14(8-3)12-7-2/h3,14H,6-7,9-13H2,1-2,4-5H3. The number of terminal acetylenes is 1. The molecule has 0 bridgehead atoms. The molecule has 0 nitrogen and oxygen atoms in total. The Bertz CT molecular complexity index is 188. The first-order valence-electron chi connectivity index (χ1n) is 6.54. The molecule has 0 N–H and O–H groups in total. The maximum Gasteiger partial charge on any atom is 0.0643 e. The van der Waals surface area contributed by atoms with Gasteiger partial charge in [-0.1, -0.05) is 65.1 Å². The lowest BCUT2D eigenvalue weighted by molar-refractivity contribution is 0.690. The van der Waals surface area contributed by atoms with Gasteiger partial charge in [-0.3, -0.25) is 0 Å². The Balaban J connectivity index is 3.97. The topological polar surface area (TPSA) is 0 Å². The second-order valence-electron chi connectivity index (χ2n) is 5.31. The molecular formula is C14H28Si. The summed E-state index contributed by atoms with van der Waals surface area (Å²) >= 11 is 0. The van der Waals surface area contributed by atoms with E-state index in [2.05, 4.69) is 32.9 Å². The predicted molar refractivity (Wildman–Crippen MR) is 73.9 cm³/mol. The molecule has 0 aliphatic carbocycles. The van der Waals surface area contributed by atoms with Gasteiger partial charge in [0, 0.05) is 5.54 Å². The van der Waals surface area contributed by atoms with Crippen molar-refractivity contribution in [1.29, 1.82) is 0 Å². The summed E-state index contributed by atoms with van der Waals surface area (Å²) in [4.78, 5) is 0. The van der Waals surface area contributed by atoms with E-state index < -0.39 is 8.07 Å². The van der Waals surface area contributed by atoms with E-state index in [-0.39, 0.29) is 0 Å². The average molecular weight is 224 g/mol. The number of rotatable bonds is 8. The molecule has 0 aromatic rings. The van der Waals surface area contributed by atoms with E-state index in [0.29, 0.717) is 5.54 Å². The summed E-state index contributed by atoms with van der Waals surface area (Å²) in [6.45, 7) is 9.45. The first kappa shape index (κ1) is 14.8. The van der Waals surface area contributed by atoms with Crippen LogP contribution in [0.3, 0.4) is 0 Å². The van der Waals surface area contributed by atoms with Crippen LogP contribution in [0.15, 0.2) is 0 Å². The van der Waals surface area contributed by atoms with E-state index >= 15 is 0 Å². The molecule has 15 heavy (non-hydrogen) atoms. The van der Waals surface area contributed by atoms with Crippen molar-refractivity contribution in [3.05, 3.63) is 0 Å². The Hall–Kier alpha value is -0.223. The third-order valence-corrected chi connectivity index (χ3v) is 7.38. The highest BCUT2D eigenvalue weighted by molar-refractivity contribution is 6.79. The quantitative estimate of drug-likeness (QED) is 0.306. The van der Waals surface area contributed by atoms with Crippen molar-refractivity contribution in [2.24, 2.45) is 0 Å². The normalized spacial score (nSPS) is 13.5. The molecule has 0 aromatic carbocycles. The van der Waals surface area contributed by atoms with Gasteiger partial charge in [0.1, 0.15) is 0 Å². The number of unbranched alkanes of at least 4 members (excludes halogenated alkanes) is 3. The van der Waals surface area contributed by atoms with Crippen LogP contribution in [0.5, 0.6) is 0 Å². The molecule has 88 valence electrons. The maximum atomic E-state index is 5.66. The van der Waals surface area contributed by atoms with Crippen molar-refractivity contribution < 1.29 is 0 Å². The molecule has 0 spiro atoms. The lowest BCUT2D eigenvalue weighted by Gasteiger charge is -2.28. The van der Waals surface area contributed by atoms with E-state index in [1.165, 1.54) is 44.6 Å². The van der Waals surface area contributed by atoms with Crippen LogP contribution in [0.1, 0.15) is 52.4 Å². The fourth-order valence-corrected chi connectivity index (χ4v) is 5.20. The molecule has 0 fully saturated rings. The van der Waals surface area contributed by atoms with Crippen LogP contribution < -0.4 is 0 Å². The van der Waals surface area contributed by atoms with Gasteiger partial charge in [-0.15, -0.1) is 12.3 Å². The lowest BCUT2D eigenvalue weighted by atomic mass is 10.2. The van der Waals surface area contributed by atoms with Gasteiger partial charge in [-0.25, -0.2) is 0 Å². The molecular weight excluding hydrogens is 196 g/mol. The molecule has 0 aromatic heterocycles. The van der Waals surface area contributed by atoms with E-state index in [1.54, 1.807) is 0 Å². The zero-order valence-corrected chi connectivity index (χ0v) is 12.1. The van der Waals surface area contributed by atoms with Gasteiger partial charge in [-0.05, 0) is 6.42 Å². The zero-order valence-electron chi connectivity index (χ0n) is 11.1. The average Bonchev–Trinajstić information content (AvgIpc) is 2.20. The second-order valence-corrected chi connectivity index (χ2v) is 10.5. The Morgan fingerprint density at radius 1 is 1.07 bits per heavy atom. The third kappa shape index (κ3) is 6.05. The minimum absolute atomic E-state index is 0.601. The van der Waals surface area contributed by atoms with Crippen molar-refractivity contribution in [2.75, 3.05) is 0 Å². The number of hydrogen-bond acceptors (Lipinski definition) is 0. The highest BCUT2D eigenvalue weighted by Crippen LogP contribution is 2.31. The van der Waals surface area contributed by atoms with Gasteiger partial charge in [0.2, 0.25) is 0 Å². The molecule has 0 aliphatic rings. The van der Waals surface area contributed by atoms with E-state index in [1.807, 2.05) is 0 Å². The zero-order chi connectivity index (χ0) is 11.7. The third-order valence-electron chi connectivity index (χ3n) is 3.40. The highest BCUT2D eigenvalue weighted by atomic mass is 28.3. The van der Waals surface area contributed by atoms with Gasteiger partial charge >= 0.3 is 0 Å². The molecule has 1 unspecified atom stereocenters. The predicted octanol–water partition coefficient (Wildman–Crippen LogP) is 5.08. The van der Waals surface area contributed by atoms with Crippen molar-refractivity contribution in [1.82, 2.24) is 0 Å². The smallest absolute Gasteiger partial charge is 0.0643 e. The van der Waals surface area contributed by atoms with Crippen LogP contribution in [0.4, 0.5) is 0 Å². The van der Waals surface area contributed by atoms with Gasteiger partial charge in [0.15, 0.2) is 0 Å². The van der Waals surface area contributed by atoms with Crippen LogP contribution in [0.2, 0.25) is 24.7 Å². The fraction of sp³-hybridized carbons (Fsp3) is 0.857. The minimum atomic E-state index is -1.14. The largest absolute Gasteiger partial charge is 0.120 e. The summed E-state index contributed by atoms with van der Waals surface area (Å²) in [6, 6.07) is 1.42. The summed E-state index contributed by atoms with van der Waals surface area (Å²) in [5.74, 6) is 3.05. The summed E-state index contributed by atoms with van der Waals surface area (Å²) in [5.41, 5.74) is 0.601. The first-order valence-corrected chi connectivity index (χ1v) is 9.83. The second kappa shape index (κ2) is 7.99. The monoisotopic (exact) mass is 224 g/mol. The van der Waals surface area contributed by atoms with Crippen LogP contribution in [-0.4, -0.2) is 8.07 Å². The minimum Gasteiger partial charge on any atom is -0.120 e. The van der Waals surface area contributed by atoms with Crippen molar-refractivity contribution in [2.45, 2.75) is 77.1 Å².